The van der Waals surface area contributed by atoms with Crippen LogP contribution in [-0.4, -0.2) is 11.5 Å². The van der Waals surface area contributed by atoms with Crippen molar-refractivity contribution in [1.29, 1.82) is 0 Å². The monoisotopic (exact) mass is 418 g/mol. The van der Waals surface area contributed by atoms with Gasteiger partial charge in [0.05, 0.1) is 0 Å². The molecule has 0 spiro atoms. The molecule has 0 aliphatic carbocycles. The number of aromatic nitrogens is 1. The van der Waals surface area contributed by atoms with E-state index in [1.807, 2.05) is 0 Å². The molecule has 120 valence electrons. The van der Waals surface area contributed by atoms with E-state index < -0.39 is 0 Å². The number of nitrogens with two attached hydrogens (primary N) is 1. The van der Waals surface area contributed by atoms with Gasteiger partial charge in [0.2, 0.25) is 0 Å². The minimum absolute atomic E-state index is 0.763. The molecule has 0 atom stereocenters. The minimum atomic E-state index is 0.763. The lowest BCUT2D eigenvalue weighted by atomic mass is 9.97. The smallest absolute Gasteiger partial charge is 0.0497 e. The molecule has 0 aliphatic rings. The van der Waals surface area contributed by atoms with Gasteiger partial charge in [0.25, 0.3) is 0 Å². The Kier molecular flexibility index (Phi) is 5.07. The average Bonchev–Trinajstić information content (AvgIpc) is 2.87. The van der Waals surface area contributed by atoms with Crippen molar-refractivity contribution < 1.29 is 0 Å². The van der Waals surface area contributed by atoms with Gasteiger partial charge in [-0.25, -0.2) is 0 Å². The van der Waals surface area contributed by atoms with Crippen molar-refractivity contribution in [2.24, 2.45) is 5.73 Å². The maximum atomic E-state index is 5.69. The maximum absolute atomic E-state index is 5.69. The van der Waals surface area contributed by atoms with Gasteiger partial charge in [0, 0.05) is 20.2 Å². The Hall–Kier alpha value is -1.33. The zero-order chi connectivity index (χ0) is 16.4. The summed E-state index contributed by atoms with van der Waals surface area (Å²) in [5.74, 6) is 0. The second-order valence-electron chi connectivity index (χ2n) is 6.24. The fourth-order valence-corrected chi connectivity index (χ4v) is 3.72. The number of hydrogen-bond acceptors (Lipinski definition) is 1. The number of hydrogen-bond donors (Lipinski definition) is 2. The van der Waals surface area contributed by atoms with Gasteiger partial charge in [0.15, 0.2) is 0 Å². The van der Waals surface area contributed by atoms with Crippen LogP contribution < -0.4 is 5.73 Å². The standard InChI is InChI=1S/C20H23IN2/c1-13-11-14(2)19-17(5-3-4-10-22)20(23-18(19)12-13)15-6-8-16(21)9-7-15/h6-9,11-12,23H,3-5,10,22H2,1-2H3. The third kappa shape index (κ3) is 3.45. The van der Waals surface area contributed by atoms with Crippen molar-refractivity contribution in [2.45, 2.75) is 33.1 Å². The fourth-order valence-electron chi connectivity index (χ4n) is 3.36. The van der Waals surface area contributed by atoms with E-state index >= 15 is 0 Å². The molecule has 2 nitrogen and oxygen atoms in total. The third-order valence-electron chi connectivity index (χ3n) is 4.36. The van der Waals surface area contributed by atoms with Crippen LogP contribution >= 0.6 is 22.6 Å². The number of unbranched alkanes of at least 4 members (excludes halogenated alkanes) is 1. The van der Waals surface area contributed by atoms with E-state index in [4.69, 9.17) is 5.73 Å². The number of fused-ring (bicyclic) bond motifs is 1. The highest BCUT2D eigenvalue weighted by Crippen LogP contribution is 2.34. The summed E-state index contributed by atoms with van der Waals surface area (Å²) < 4.78 is 1.26. The SMILES string of the molecule is Cc1cc(C)c2c(CCCCN)c(-c3ccc(I)cc3)[nH]c2c1. The molecule has 3 aromatic rings. The molecule has 0 fully saturated rings. The Morgan fingerprint density at radius 1 is 1.04 bits per heavy atom. The van der Waals surface area contributed by atoms with Crippen LogP contribution in [0.3, 0.4) is 0 Å². The van der Waals surface area contributed by atoms with Crippen molar-refractivity contribution >= 4 is 33.5 Å². The van der Waals surface area contributed by atoms with Crippen LogP contribution in [0.4, 0.5) is 0 Å². The summed E-state index contributed by atoms with van der Waals surface area (Å²) in [6.45, 7) is 5.14. The Balaban J connectivity index is 2.16. The highest BCUT2D eigenvalue weighted by Gasteiger charge is 2.15. The molecule has 23 heavy (non-hydrogen) atoms. The second-order valence-corrected chi connectivity index (χ2v) is 7.48. The van der Waals surface area contributed by atoms with Crippen LogP contribution in [0, 0.1) is 17.4 Å². The molecule has 3 N–H and O–H groups in total. The predicted molar refractivity (Wildman–Crippen MR) is 108 cm³/mol. The van der Waals surface area contributed by atoms with Gasteiger partial charge in [-0.05, 0) is 103 Å². The van der Waals surface area contributed by atoms with E-state index in [0.29, 0.717) is 0 Å². The summed E-state index contributed by atoms with van der Waals surface area (Å²) >= 11 is 2.35. The average molecular weight is 418 g/mol. The van der Waals surface area contributed by atoms with Gasteiger partial charge in [-0.1, -0.05) is 18.2 Å². The van der Waals surface area contributed by atoms with Gasteiger partial charge in [-0.2, -0.15) is 0 Å². The lowest BCUT2D eigenvalue weighted by molar-refractivity contribution is 0.748. The first-order valence-electron chi connectivity index (χ1n) is 8.18. The summed E-state index contributed by atoms with van der Waals surface area (Å²) in [5.41, 5.74) is 13.6. The number of halogens is 1. The summed E-state index contributed by atoms with van der Waals surface area (Å²) in [5, 5.41) is 1.39. The number of H-pyrrole nitrogens is 1. The van der Waals surface area contributed by atoms with Crippen molar-refractivity contribution in [2.75, 3.05) is 6.54 Å². The first kappa shape index (κ1) is 16.5. The van der Waals surface area contributed by atoms with Gasteiger partial charge in [0.1, 0.15) is 0 Å². The molecule has 2 aromatic carbocycles. The Morgan fingerprint density at radius 2 is 1.78 bits per heavy atom. The minimum Gasteiger partial charge on any atom is -0.354 e. The second kappa shape index (κ2) is 7.05. The summed E-state index contributed by atoms with van der Waals surface area (Å²) in [6.07, 6.45) is 3.28. The molecule has 0 aliphatic heterocycles. The highest BCUT2D eigenvalue weighted by molar-refractivity contribution is 14.1. The molecule has 0 amide bonds. The molecule has 0 unspecified atom stereocenters. The van der Waals surface area contributed by atoms with E-state index in [-0.39, 0.29) is 0 Å². The number of rotatable bonds is 5. The van der Waals surface area contributed by atoms with Crippen molar-refractivity contribution in [3.8, 4) is 11.3 Å². The number of aromatic amines is 1. The van der Waals surface area contributed by atoms with Gasteiger partial charge < -0.3 is 10.7 Å². The number of aryl methyl sites for hydroxylation is 3. The molecule has 3 rings (SSSR count). The fraction of sp³-hybridized carbons (Fsp3) is 0.300. The molecule has 0 radical (unpaired) electrons. The molecule has 3 heteroatoms. The predicted octanol–water partition coefficient (Wildman–Crippen LogP) is 5.34. The van der Waals surface area contributed by atoms with E-state index in [1.54, 1.807) is 0 Å². The van der Waals surface area contributed by atoms with Crippen LogP contribution in [0.5, 0.6) is 0 Å². The summed E-state index contributed by atoms with van der Waals surface area (Å²) in [7, 11) is 0. The molecule has 0 saturated carbocycles. The maximum Gasteiger partial charge on any atom is 0.0497 e. The van der Waals surface area contributed by atoms with E-state index in [1.165, 1.54) is 42.4 Å². The first-order valence-corrected chi connectivity index (χ1v) is 9.26. The van der Waals surface area contributed by atoms with E-state index in [9.17, 15) is 0 Å². The Bertz CT molecular complexity index is 816. The topological polar surface area (TPSA) is 41.8 Å². The van der Waals surface area contributed by atoms with Crippen LogP contribution in [0.2, 0.25) is 0 Å². The summed E-state index contributed by atoms with van der Waals surface area (Å²) in [6, 6.07) is 13.3. The van der Waals surface area contributed by atoms with Crippen molar-refractivity contribution in [3.05, 3.63) is 56.7 Å². The molecular weight excluding hydrogens is 395 g/mol. The lowest BCUT2D eigenvalue weighted by Crippen LogP contribution is -1.99. The molecule has 0 bridgehead atoms. The first-order chi connectivity index (χ1) is 11.1. The molecule has 1 heterocycles. The normalized spacial score (nSPS) is 11.3. The van der Waals surface area contributed by atoms with Crippen LogP contribution in [0.25, 0.3) is 22.2 Å². The zero-order valence-corrected chi connectivity index (χ0v) is 15.9. The van der Waals surface area contributed by atoms with Crippen molar-refractivity contribution in [3.63, 3.8) is 0 Å². The summed E-state index contributed by atoms with van der Waals surface area (Å²) in [4.78, 5) is 3.67. The van der Waals surface area contributed by atoms with Gasteiger partial charge in [-0.15, -0.1) is 0 Å². The van der Waals surface area contributed by atoms with E-state index in [0.717, 1.165) is 25.8 Å². The van der Waals surface area contributed by atoms with Crippen LogP contribution in [0.15, 0.2) is 36.4 Å². The van der Waals surface area contributed by atoms with Crippen molar-refractivity contribution in [1.82, 2.24) is 4.98 Å². The highest BCUT2D eigenvalue weighted by atomic mass is 127. The molecular formula is C20H23IN2. The molecule has 0 saturated heterocycles. The molecule has 1 aromatic heterocycles. The quantitative estimate of drug-likeness (QED) is 0.427. The zero-order valence-electron chi connectivity index (χ0n) is 13.7. The Labute approximate surface area is 151 Å². The van der Waals surface area contributed by atoms with Crippen LogP contribution in [0.1, 0.15) is 29.5 Å². The van der Waals surface area contributed by atoms with Gasteiger partial charge >= 0.3 is 0 Å². The lowest BCUT2D eigenvalue weighted by Gasteiger charge is -2.07. The van der Waals surface area contributed by atoms with E-state index in [2.05, 4.69) is 77.8 Å². The largest absolute Gasteiger partial charge is 0.354 e. The third-order valence-corrected chi connectivity index (χ3v) is 5.08. The van der Waals surface area contributed by atoms with Gasteiger partial charge in [-0.3, -0.25) is 0 Å². The van der Waals surface area contributed by atoms with Crippen LogP contribution in [-0.2, 0) is 6.42 Å². The Morgan fingerprint density at radius 3 is 2.48 bits per heavy atom. The number of benzene rings is 2. The number of nitrogens with one attached hydrogen (secondary N) is 1.